The number of hydrogen-bond acceptors (Lipinski definition) is 6. The number of rotatable bonds is 4. The van der Waals surface area contributed by atoms with Gasteiger partial charge in [-0.15, -0.1) is 0 Å². The van der Waals surface area contributed by atoms with Gasteiger partial charge in [-0.25, -0.2) is 30.9 Å². The lowest BCUT2D eigenvalue weighted by molar-refractivity contribution is 0.102. The van der Waals surface area contributed by atoms with E-state index < -0.39 is 39.5 Å². The Hall–Kier alpha value is -3.15. The van der Waals surface area contributed by atoms with E-state index in [2.05, 4.69) is 15.3 Å². The first-order valence-corrected chi connectivity index (χ1v) is 10.2. The van der Waals surface area contributed by atoms with Gasteiger partial charge in [0.1, 0.15) is 17.1 Å². The summed E-state index contributed by atoms with van der Waals surface area (Å²) in [6, 6.07) is 5.78. The molecule has 30 heavy (non-hydrogen) atoms. The number of sulfonamides is 1. The summed E-state index contributed by atoms with van der Waals surface area (Å²) >= 11 is 0. The number of aliphatic imine (C=N–C) groups is 1. The second-order valence-corrected chi connectivity index (χ2v) is 8.89. The van der Waals surface area contributed by atoms with Crippen LogP contribution in [0, 0.1) is 5.82 Å². The zero-order valence-corrected chi connectivity index (χ0v) is 16.8. The van der Waals surface area contributed by atoms with E-state index in [0.717, 1.165) is 28.7 Å². The van der Waals surface area contributed by atoms with E-state index in [4.69, 9.17) is 5.73 Å². The van der Waals surface area contributed by atoms with E-state index in [9.17, 15) is 26.4 Å². The second kappa shape index (κ2) is 7.59. The van der Waals surface area contributed by atoms with Crippen LogP contribution in [0.4, 0.5) is 18.9 Å². The molecule has 0 aliphatic carbocycles. The summed E-state index contributed by atoms with van der Waals surface area (Å²) in [7, 11) is -2.58. The Morgan fingerprint density at radius 2 is 2.00 bits per heavy atom. The number of hydrogen-bond donors (Lipinski definition) is 2. The Kier molecular flexibility index (Phi) is 5.46. The van der Waals surface area contributed by atoms with Gasteiger partial charge in [0, 0.05) is 30.1 Å². The highest BCUT2D eigenvalue weighted by Gasteiger charge is 2.41. The quantitative estimate of drug-likeness (QED) is 0.754. The molecule has 1 aromatic heterocycles. The number of nitrogens with zero attached hydrogens (tertiary/aromatic N) is 3. The fourth-order valence-corrected chi connectivity index (χ4v) is 4.42. The van der Waals surface area contributed by atoms with Gasteiger partial charge in [0.05, 0.1) is 5.75 Å². The van der Waals surface area contributed by atoms with Crippen molar-refractivity contribution in [3.8, 4) is 0 Å². The molecule has 0 radical (unpaired) electrons. The molecule has 0 saturated carbocycles. The zero-order chi connectivity index (χ0) is 22.3. The van der Waals surface area contributed by atoms with Crippen LogP contribution in [0.2, 0.25) is 0 Å². The first-order valence-electron chi connectivity index (χ1n) is 8.60. The molecule has 1 atom stereocenters. The van der Waals surface area contributed by atoms with Crippen molar-refractivity contribution >= 4 is 27.6 Å². The molecular formula is C18H18F3N5O3S. The highest BCUT2D eigenvalue weighted by molar-refractivity contribution is 7.89. The summed E-state index contributed by atoms with van der Waals surface area (Å²) in [5.74, 6) is -2.26. The normalized spacial score (nSPS) is 20.7. The van der Waals surface area contributed by atoms with Crippen LogP contribution in [0.5, 0.6) is 0 Å². The Labute approximate surface area is 170 Å². The molecule has 1 amide bonds. The van der Waals surface area contributed by atoms with Crippen LogP contribution >= 0.6 is 0 Å². The highest BCUT2D eigenvalue weighted by atomic mass is 32.2. The summed E-state index contributed by atoms with van der Waals surface area (Å²) in [5.41, 5.74) is 3.77. The average Bonchev–Trinajstić information content (AvgIpc) is 2.67. The predicted octanol–water partition coefficient (Wildman–Crippen LogP) is 2.22. The molecule has 0 spiro atoms. The Morgan fingerprint density at radius 1 is 1.30 bits per heavy atom. The first kappa shape index (κ1) is 21.6. The maximum atomic E-state index is 14.5. The number of halogens is 3. The molecular weight excluding hydrogens is 423 g/mol. The van der Waals surface area contributed by atoms with Crippen LogP contribution in [0.1, 0.15) is 35.0 Å². The molecule has 12 heteroatoms. The predicted molar refractivity (Wildman–Crippen MR) is 104 cm³/mol. The third-order valence-corrected chi connectivity index (χ3v) is 6.59. The van der Waals surface area contributed by atoms with Crippen molar-refractivity contribution in [2.24, 2.45) is 10.7 Å². The number of carbonyl (C=O) groups is 1. The van der Waals surface area contributed by atoms with Crippen LogP contribution < -0.4 is 11.1 Å². The summed E-state index contributed by atoms with van der Waals surface area (Å²) in [5, 5.41) is 2.48. The molecule has 3 rings (SSSR count). The number of alkyl halides is 2. The maximum Gasteiger partial charge on any atom is 0.274 e. The third-order valence-electron chi connectivity index (χ3n) is 4.64. The first-order chi connectivity index (χ1) is 13.9. The topological polar surface area (TPSA) is 118 Å². The summed E-state index contributed by atoms with van der Waals surface area (Å²) in [4.78, 5) is 20.2. The van der Waals surface area contributed by atoms with Gasteiger partial charge in [-0.3, -0.25) is 9.78 Å². The standard InChI is InChI=1S/C18H18F3N5O3S/c1-18(9-30(28,29)26(2)17(22)25-18)12-7-11(4-5-13(12)19)24-16(27)14-6-3-10(8-23-14)15(20)21/h3-8,15H,9H2,1-2H3,(H2,22,25)(H,24,27)/t18-/m0/s1. The van der Waals surface area contributed by atoms with Gasteiger partial charge in [0.2, 0.25) is 16.0 Å². The minimum atomic E-state index is -3.82. The van der Waals surface area contributed by atoms with E-state index in [1.807, 2.05) is 0 Å². The Balaban J connectivity index is 1.91. The molecule has 0 fully saturated rings. The molecule has 8 nitrogen and oxygen atoms in total. The zero-order valence-electron chi connectivity index (χ0n) is 15.9. The molecule has 0 bridgehead atoms. The van der Waals surface area contributed by atoms with Gasteiger partial charge in [0.15, 0.2) is 0 Å². The Bertz CT molecular complexity index is 1120. The SMILES string of the molecule is CN1C(N)=N[C@](C)(c2cc(NC(=O)c3ccc(C(F)F)cn3)ccc2F)CS1(=O)=O. The Morgan fingerprint density at radius 3 is 2.57 bits per heavy atom. The van der Waals surface area contributed by atoms with E-state index >= 15 is 0 Å². The fraction of sp³-hybridized carbons (Fsp3) is 0.278. The van der Waals surface area contributed by atoms with Gasteiger partial charge >= 0.3 is 0 Å². The van der Waals surface area contributed by atoms with Crippen molar-refractivity contribution in [1.82, 2.24) is 9.29 Å². The summed E-state index contributed by atoms with van der Waals surface area (Å²) < 4.78 is 65.2. The van der Waals surface area contributed by atoms with E-state index in [1.54, 1.807) is 0 Å². The number of nitrogens with one attached hydrogen (secondary N) is 1. The van der Waals surface area contributed by atoms with Gasteiger partial charge in [0.25, 0.3) is 12.3 Å². The smallest absolute Gasteiger partial charge is 0.274 e. The monoisotopic (exact) mass is 441 g/mol. The van der Waals surface area contributed by atoms with Crippen molar-refractivity contribution < 1.29 is 26.4 Å². The van der Waals surface area contributed by atoms with Crippen LogP contribution in [0.3, 0.4) is 0 Å². The van der Waals surface area contributed by atoms with Crippen molar-refractivity contribution in [2.75, 3.05) is 18.1 Å². The average molecular weight is 441 g/mol. The summed E-state index contributed by atoms with van der Waals surface area (Å²) in [6.07, 6.45) is -1.83. The maximum absolute atomic E-state index is 14.5. The van der Waals surface area contributed by atoms with Crippen molar-refractivity contribution in [2.45, 2.75) is 18.9 Å². The number of pyridine rings is 1. The lowest BCUT2D eigenvalue weighted by Crippen LogP contribution is -2.50. The van der Waals surface area contributed by atoms with Crippen molar-refractivity contribution in [1.29, 1.82) is 0 Å². The molecule has 1 aromatic carbocycles. The lowest BCUT2D eigenvalue weighted by Gasteiger charge is -2.34. The molecule has 0 unspecified atom stereocenters. The largest absolute Gasteiger partial charge is 0.369 e. The minimum absolute atomic E-state index is 0.0825. The molecule has 3 N–H and O–H groups in total. The van der Waals surface area contributed by atoms with Crippen LogP contribution in [-0.4, -0.2) is 42.4 Å². The third kappa shape index (κ3) is 4.08. The molecule has 0 saturated heterocycles. The fourth-order valence-electron chi connectivity index (χ4n) is 2.97. The van der Waals surface area contributed by atoms with E-state index in [-0.39, 0.29) is 28.5 Å². The lowest BCUT2D eigenvalue weighted by atomic mass is 9.93. The highest BCUT2D eigenvalue weighted by Crippen LogP contribution is 2.34. The number of amides is 1. The number of carbonyl (C=O) groups excluding carboxylic acids is 1. The van der Waals surface area contributed by atoms with E-state index in [0.29, 0.717) is 0 Å². The van der Waals surface area contributed by atoms with Crippen LogP contribution in [0.15, 0.2) is 41.5 Å². The van der Waals surface area contributed by atoms with Crippen LogP contribution in [-0.2, 0) is 15.6 Å². The van der Waals surface area contributed by atoms with Gasteiger partial charge in [-0.05, 0) is 37.3 Å². The number of anilines is 1. The van der Waals surface area contributed by atoms with Gasteiger partial charge in [-0.1, -0.05) is 0 Å². The molecule has 1 aliphatic rings. The molecule has 1 aliphatic heterocycles. The summed E-state index contributed by atoms with van der Waals surface area (Å²) in [6.45, 7) is 1.42. The number of guanidine groups is 1. The van der Waals surface area contributed by atoms with Gasteiger partial charge in [-0.2, -0.15) is 0 Å². The molecule has 2 heterocycles. The second-order valence-electron chi connectivity index (χ2n) is 6.89. The number of aromatic nitrogens is 1. The minimum Gasteiger partial charge on any atom is -0.369 e. The number of nitrogens with two attached hydrogens (primary N) is 1. The van der Waals surface area contributed by atoms with E-state index in [1.165, 1.54) is 26.1 Å². The molecule has 2 aromatic rings. The van der Waals surface area contributed by atoms with Gasteiger partial charge < -0.3 is 11.1 Å². The number of benzene rings is 1. The molecule has 160 valence electrons. The van der Waals surface area contributed by atoms with Crippen LogP contribution in [0.25, 0.3) is 0 Å². The van der Waals surface area contributed by atoms with Crippen molar-refractivity contribution in [3.05, 3.63) is 59.2 Å². The van der Waals surface area contributed by atoms with Crippen molar-refractivity contribution in [3.63, 3.8) is 0 Å².